The number of ether oxygens (including phenoxy) is 2. The minimum atomic E-state index is -0.380. The monoisotopic (exact) mass is 188 g/mol. The highest BCUT2D eigenvalue weighted by molar-refractivity contribution is 5.73. The Morgan fingerprint density at radius 2 is 1.85 bits per heavy atom. The molecule has 76 valence electrons. The number of rotatable bonds is 4. The van der Waals surface area contributed by atoms with E-state index in [0.717, 1.165) is 0 Å². The fourth-order valence-electron chi connectivity index (χ4n) is 0.891. The third kappa shape index (κ3) is 4.50. The summed E-state index contributed by atoms with van der Waals surface area (Å²) in [6, 6.07) is 0. The highest BCUT2D eigenvalue weighted by Crippen LogP contribution is 2.12. The molecule has 13 heavy (non-hydrogen) atoms. The molecule has 4 nitrogen and oxygen atoms in total. The Kier molecular flexibility index (Phi) is 5.11. The van der Waals surface area contributed by atoms with Crippen molar-refractivity contribution in [3.05, 3.63) is 0 Å². The highest BCUT2D eigenvalue weighted by Gasteiger charge is 2.23. The molecule has 0 aliphatic rings. The number of carbonyl (C=O) groups excluding carboxylic acids is 2. The van der Waals surface area contributed by atoms with Crippen LogP contribution in [0.3, 0.4) is 0 Å². The van der Waals surface area contributed by atoms with E-state index in [1.54, 1.807) is 0 Å². The first-order valence-electron chi connectivity index (χ1n) is 4.20. The minimum absolute atomic E-state index is 0.0969. The van der Waals surface area contributed by atoms with Crippen LogP contribution >= 0.6 is 0 Å². The standard InChI is InChI=1S/C9H16O4/c1-6(2)8(9(11)12-4)5-13-7(3)10/h6,8H,5H2,1-4H3/t8-/m1/s1. The molecule has 0 aromatic heterocycles. The summed E-state index contributed by atoms with van der Waals surface area (Å²) in [7, 11) is 1.32. The Bertz CT molecular complexity index is 186. The molecular weight excluding hydrogens is 172 g/mol. The first-order valence-corrected chi connectivity index (χ1v) is 4.20. The molecule has 0 spiro atoms. The quantitative estimate of drug-likeness (QED) is 0.617. The van der Waals surface area contributed by atoms with E-state index >= 15 is 0 Å². The molecular formula is C9H16O4. The zero-order valence-corrected chi connectivity index (χ0v) is 8.49. The lowest BCUT2D eigenvalue weighted by molar-refractivity contribution is -0.153. The zero-order valence-electron chi connectivity index (χ0n) is 8.49. The van der Waals surface area contributed by atoms with E-state index in [-0.39, 0.29) is 30.4 Å². The van der Waals surface area contributed by atoms with Crippen molar-refractivity contribution in [3.8, 4) is 0 Å². The van der Waals surface area contributed by atoms with Gasteiger partial charge in [-0.1, -0.05) is 13.8 Å². The van der Waals surface area contributed by atoms with Gasteiger partial charge in [-0.05, 0) is 5.92 Å². The van der Waals surface area contributed by atoms with Gasteiger partial charge in [0.1, 0.15) is 6.61 Å². The predicted molar refractivity (Wildman–Crippen MR) is 47.0 cm³/mol. The topological polar surface area (TPSA) is 52.6 Å². The second-order valence-electron chi connectivity index (χ2n) is 3.18. The Labute approximate surface area is 78.2 Å². The summed E-state index contributed by atoms with van der Waals surface area (Å²) in [5, 5.41) is 0. The number of hydrogen-bond donors (Lipinski definition) is 0. The van der Waals surface area contributed by atoms with Crippen LogP contribution in [0.15, 0.2) is 0 Å². The first kappa shape index (κ1) is 11.9. The summed E-state index contributed by atoms with van der Waals surface area (Å²) in [4.78, 5) is 21.7. The van der Waals surface area contributed by atoms with Crippen LogP contribution in [0.2, 0.25) is 0 Å². The molecule has 0 fully saturated rings. The molecule has 0 aliphatic heterocycles. The van der Waals surface area contributed by atoms with Gasteiger partial charge in [0.15, 0.2) is 0 Å². The summed E-state index contributed by atoms with van der Waals surface area (Å²) in [6.45, 7) is 5.17. The molecule has 0 amide bonds. The third-order valence-corrected chi connectivity index (χ3v) is 1.77. The van der Waals surface area contributed by atoms with Gasteiger partial charge in [0.05, 0.1) is 13.0 Å². The van der Waals surface area contributed by atoms with E-state index in [4.69, 9.17) is 4.74 Å². The molecule has 4 heteroatoms. The van der Waals surface area contributed by atoms with Crippen molar-refractivity contribution in [3.63, 3.8) is 0 Å². The lowest BCUT2D eigenvalue weighted by Crippen LogP contribution is -2.27. The maximum Gasteiger partial charge on any atom is 0.312 e. The van der Waals surface area contributed by atoms with E-state index < -0.39 is 0 Å². The fraction of sp³-hybridized carbons (Fsp3) is 0.778. The third-order valence-electron chi connectivity index (χ3n) is 1.77. The van der Waals surface area contributed by atoms with Crippen molar-refractivity contribution in [2.45, 2.75) is 20.8 Å². The Morgan fingerprint density at radius 1 is 1.31 bits per heavy atom. The van der Waals surface area contributed by atoms with E-state index in [2.05, 4.69) is 4.74 Å². The second-order valence-corrected chi connectivity index (χ2v) is 3.18. The molecule has 0 saturated carbocycles. The van der Waals surface area contributed by atoms with Gasteiger partial charge in [0.2, 0.25) is 0 Å². The van der Waals surface area contributed by atoms with Crippen LogP contribution in [0.4, 0.5) is 0 Å². The van der Waals surface area contributed by atoms with Gasteiger partial charge in [0.25, 0.3) is 0 Å². The molecule has 1 atom stereocenters. The number of hydrogen-bond acceptors (Lipinski definition) is 4. The maximum absolute atomic E-state index is 11.2. The molecule has 0 unspecified atom stereocenters. The Morgan fingerprint density at radius 3 is 2.15 bits per heavy atom. The van der Waals surface area contributed by atoms with Crippen LogP contribution in [0.5, 0.6) is 0 Å². The molecule has 0 heterocycles. The molecule has 0 bridgehead atoms. The van der Waals surface area contributed by atoms with Crippen LogP contribution in [0.25, 0.3) is 0 Å². The van der Waals surface area contributed by atoms with Gasteiger partial charge in [-0.2, -0.15) is 0 Å². The highest BCUT2D eigenvalue weighted by atomic mass is 16.5. The summed E-state index contributed by atoms with van der Waals surface area (Å²) in [5.74, 6) is -0.980. The number of carbonyl (C=O) groups is 2. The van der Waals surface area contributed by atoms with Crippen LogP contribution in [0.1, 0.15) is 20.8 Å². The number of esters is 2. The smallest absolute Gasteiger partial charge is 0.312 e. The lowest BCUT2D eigenvalue weighted by Gasteiger charge is -2.17. The van der Waals surface area contributed by atoms with Crippen molar-refractivity contribution in [2.24, 2.45) is 11.8 Å². The predicted octanol–water partition coefficient (Wildman–Crippen LogP) is 0.995. The van der Waals surface area contributed by atoms with Gasteiger partial charge in [0, 0.05) is 6.92 Å². The Balaban J connectivity index is 4.10. The SMILES string of the molecule is COC(=O)[C@H](COC(C)=O)C(C)C. The van der Waals surface area contributed by atoms with E-state index in [1.165, 1.54) is 14.0 Å². The minimum Gasteiger partial charge on any atom is -0.469 e. The maximum atomic E-state index is 11.2. The van der Waals surface area contributed by atoms with Crippen LogP contribution < -0.4 is 0 Å². The van der Waals surface area contributed by atoms with Gasteiger partial charge in [-0.3, -0.25) is 9.59 Å². The molecule has 0 radical (unpaired) electrons. The van der Waals surface area contributed by atoms with Crippen molar-refractivity contribution in [1.82, 2.24) is 0 Å². The van der Waals surface area contributed by atoms with Crippen LogP contribution in [0, 0.1) is 11.8 Å². The normalized spacial score (nSPS) is 12.4. The van der Waals surface area contributed by atoms with E-state index in [0.29, 0.717) is 0 Å². The van der Waals surface area contributed by atoms with Gasteiger partial charge in [-0.25, -0.2) is 0 Å². The summed E-state index contributed by atoms with van der Waals surface area (Å²) < 4.78 is 9.32. The summed E-state index contributed by atoms with van der Waals surface area (Å²) in [5.41, 5.74) is 0. The van der Waals surface area contributed by atoms with E-state index in [1.807, 2.05) is 13.8 Å². The van der Waals surface area contributed by atoms with Gasteiger partial charge < -0.3 is 9.47 Å². The Hall–Kier alpha value is -1.06. The van der Waals surface area contributed by atoms with Crippen LogP contribution in [-0.2, 0) is 19.1 Å². The van der Waals surface area contributed by atoms with Crippen molar-refractivity contribution >= 4 is 11.9 Å². The average molecular weight is 188 g/mol. The molecule has 0 aliphatic carbocycles. The van der Waals surface area contributed by atoms with Crippen molar-refractivity contribution < 1.29 is 19.1 Å². The molecule has 0 aromatic carbocycles. The largest absolute Gasteiger partial charge is 0.469 e. The molecule has 0 rings (SSSR count). The zero-order chi connectivity index (χ0) is 10.4. The molecule has 0 N–H and O–H groups in total. The van der Waals surface area contributed by atoms with Gasteiger partial charge in [-0.15, -0.1) is 0 Å². The van der Waals surface area contributed by atoms with Crippen molar-refractivity contribution in [2.75, 3.05) is 13.7 Å². The first-order chi connectivity index (χ1) is 5.99. The summed E-state index contributed by atoms with van der Waals surface area (Å²) >= 11 is 0. The molecule has 0 saturated heterocycles. The fourth-order valence-corrected chi connectivity index (χ4v) is 0.891. The van der Waals surface area contributed by atoms with Crippen molar-refractivity contribution in [1.29, 1.82) is 0 Å². The van der Waals surface area contributed by atoms with E-state index in [9.17, 15) is 9.59 Å². The van der Waals surface area contributed by atoms with Crippen LogP contribution in [-0.4, -0.2) is 25.7 Å². The average Bonchev–Trinajstić information content (AvgIpc) is 2.03. The molecule has 0 aromatic rings. The number of methoxy groups -OCH3 is 1. The second kappa shape index (κ2) is 5.56. The van der Waals surface area contributed by atoms with Gasteiger partial charge >= 0.3 is 11.9 Å². The summed E-state index contributed by atoms with van der Waals surface area (Å²) in [6.07, 6.45) is 0. The lowest BCUT2D eigenvalue weighted by atomic mass is 9.97.